The zero-order valence-electron chi connectivity index (χ0n) is 13.2. The van der Waals surface area contributed by atoms with Crippen LogP contribution in [0.2, 0.25) is 0 Å². The second-order valence-corrected chi connectivity index (χ2v) is 5.53. The van der Waals surface area contributed by atoms with E-state index in [4.69, 9.17) is 4.74 Å². The number of hydrogen-bond donors (Lipinski definition) is 0. The minimum atomic E-state index is -0.249. The molecule has 1 aliphatic heterocycles. The highest BCUT2D eigenvalue weighted by Crippen LogP contribution is 2.17. The molecule has 2 rings (SSSR count). The highest BCUT2D eigenvalue weighted by Gasteiger charge is 2.29. The molecule has 0 unspecified atom stereocenters. The van der Waals surface area contributed by atoms with E-state index in [1.807, 2.05) is 36.1 Å². The molecular formula is C16H27N3O2. The Morgan fingerprint density at radius 3 is 2.48 bits per heavy atom. The number of ether oxygens (including phenoxy) is 1. The lowest BCUT2D eigenvalue weighted by Gasteiger charge is -2.38. The summed E-state index contributed by atoms with van der Waals surface area (Å²) >= 11 is 0. The first kappa shape index (κ1) is 15.9. The molecule has 1 amide bonds. The fourth-order valence-electron chi connectivity index (χ4n) is 2.86. The monoisotopic (exact) mass is 293 g/mol. The Balaban J connectivity index is 1.97. The van der Waals surface area contributed by atoms with Crippen molar-refractivity contribution in [3.05, 3.63) is 24.5 Å². The third-order valence-corrected chi connectivity index (χ3v) is 4.02. The first-order chi connectivity index (χ1) is 10.3. The third kappa shape index (κ3) is 4.24. The second-order valence-electron chi connectivity index (χ2n) is 5.53. The van der Waals surface area contributed by atoms with Gasteiger partial charge in [-0.05, 0) is 44.9 Å². The topological polar surface area (TPSA) is 37.7 Å². The van der Waals surface area contributed by atoms with Gasteiger partial charge in [0, 0.05) is 25.5 Å². The van der Waals surface area contributed by atoms with Crippen molar-refractivity contribution in [3.63, 3.8) is 0 Å². The Bertz CT molecular complexity index is 411. The Labute approximate surface area is 127 Å². The van der Waals surface area contributed by atoms with Crippen molar-refractivity contribution in [3.8, 4) is 0 Å². The molecule has 0 N–H and O–H groups in total. The molecule has 0 aromatic carbocycles. The minimum Gasteiger partial charge on any atom is -0.448 e. The van der Waals surface area contributed by atoms with Gasteiger partial charge in [-0.1, -0.05) is 13.3 Å². The van der Waals surface area contributed by atoms with Gasteiger partial charge in [0.1, 0.15) is 0 Å². The quantitative estimate of drug-likeness (QED) is 0.809. The molecule has 1 fully saturated rings. The Hall–Kier alpha value is -1.49. The maximum Gasteiger partial charge on any atom is 0.429 e. The van der Waals surface area contributed by atoms with E-state index in [2.05, 4.69) is 11.8 Å². The van der Waals surface area contributed by atoms with Crippen molar-refractivity contribution in [2.75, 3.05) is 31.3 Å². The molecule has 0 spiro atoms. The lowest BCUT2D eigenvalue weighted by atomic mass is 10.0. The van der Waals surface area contributed by atoms with Crippen LogP contribution in [0.1, 0.15) is 39.5 Å². The van der Waals surface area contributed by atoms with Gasteiger partial charge in [0.15, 0.2) is 0 Å². The molecule has 5 heteroatoms. The molecular weight excluding hydrogens is 266 g/mol. The number of piperidine rings is 1. The summed E-state index contributed by atoms with van der Waals surface area (Å²) in [7, 11) is 0. The van der Waals surface area contributed by atoms with Crippen molar-refractivity contribution in [1.29, 1.82) is 0 Å². The van der Waals surface area contributed by atoms with E-state index in [0.29, 0.717) is 6.61 Å². The van der Waals surface area contributed by atoms with E-state index in [1.165, 1.54) is 19.4 Å². The summed E-state index contributed by atoms with van der Waals surface area (Å²) in [6.45, 7) is 7.77. The zero-order valence-corrected chi connectivity index (χ0v) is 13.2. The lowest BCUT2D eigenvalue weighted by Crippen LogP contribution is -2.52. The van der Waals surface area contributed by atoms with Crippen molar-refractivity contribution in [1.82, 2.24) is 9.58 Å². The van der Waals surface area contributed by atoms with Gasteiger partial charge in [0.25, 0.3) is 0 Å². The largest absolute Gasteiger partial charge is 0.448 e. The summed E-state index contributed by atoms with van der Waals surface area (Å²) in [4.78, 5) is 14.8. The van der Waals surface area contributed by atoms with E-state index in [-0.39, 0.29) is 12.1 Å². The SMILES string of the molecule is CCCCN1CCC(N(C(=O)OCC)n2cccc2)CC1. The van der Waals surface area contributed by atoms with Crippen molar-refractivity contribution < 1.29 is 9.53 Å². The molecule has 0 radical (unpaired) electrons. The summed E-state index contributed by atoms with van der Waals surface area (Å²) in [5, 5.41) is 1.76. The number of carbonyl (C=O) groups is 1. The average molecular weight is 293 g/mol. The average Bonchev–Trinajstić information content (AvgIpc) is 3.01. The fourth-order valence-corrected chi connectivity index (χ4v) is 2.86. The summed E-state index contributed by atoms with van der Waals surface area (Å²) in [5.74, 6) is 0. The smallest absolute Gasteiger partial charge is 0.429 e. The van der Waals surface area contributed by atoms with Gasteiger partial charge in [-0.25, -0.2) is 9.80 Å². The molecule has 0 saturated carbocycles. The summed E-state index contributed by atoms with van der Waals surface area (Å²) < 4.78 is 7.08. The number of rotatable bonds is 6. The van der Waals surface area contributed by atoms with Crippen molar-refractivity contribution >= 4 is 6.09 Å². The summed E-state index contributed by atoms with van der Waals surface area (Å²) in [5.41, 5.74) is 0. The van der Waals surface area contributed by atoms with Crippen molar-refractivity contribution in [2.45, 2.75) is 45.6 Å². The van der Waals surface area contributed by atoms with Crippen LogP contribution in [0, 0.1) is 0 Å². The standard InChI is InChI=1S/C16H27N3O2/c1-3-5-10-17-13-8-15(9-14-17)19(16(20)21-4-2)18-11-6-7-12-18/h6-7,11-12,15H,3-5,8-10,13-14H2,1-2H3. The van der Waals surface area contributed by atoms with Crippen LogP contribution >= 0.6 is 0 Å². The molecule has 0 bridgehead atoms. The number of hydrogen-bond acceptors (Lipinski definition) is 3. The predicted molar refractivity (Wildman–Crippen MR) is 84.0 cm³/mol. The van der Waals surface area contributed by atoms with E-state index in [1.54, 1.807) is 5.01 Å². The maximum atomic E-state index is 12.3. The van der Waals surface area contributed by atoms with Gasteiger partial charge in [0.2, 0.25) is 0 Å². The van der Waals surface area contributed by atoms with Crippen LogP contribution in [0.4, 0.5) is 4.79 Å². The molecule has 1 aromatic rings. The predicted octanol–water partition coefficient (Wildman–Crippen LogP) is 2.85. The van der Waals surface area contributed by atoms with Crippen LogP contribution in [0.3, 0.4) is 0 Å². The van der Waals surface area contributed by atoms with E-state index in [9.17, 15) is 4.79 Å². The maximum absolute atomic E-state index is 12.3. The molecule has 1 saturated heterocycles. The Morgan fingerprint density at radius 2 is 1.90 bits per heavy atom. The van der Waals surface area contributed by atoms with Gasteiger partial charge in [0.05, 0.1) is 12.6 Å². The number of aromatic nitrogens is 1. The van der Waals surface area contributed by atoms with Gasteiger partial charge in [-0.3, -0.25) is 4.68 Å². The molecule has 118 valence electrons. The van der Waals surface area contributed by atoms with E-state index in [0.717, 1.165) is 25.9 Å². The Kier molecular flexibility index (Phi) is 6.11. The normalized spacial score (nSPS) is 16.9. The number of likely N-dealkylation sites (tertiary alicyclic amines) is 1. The number of carbonyl (C=O) groups excluding carboxylic acids is 1. The summed E-state index contributed by atoms with van der Waals surface area (Å²) in [6.07, 6.45) is 8.05. The minimum absolute atomic E-state index is 0.217. The Morgan fingerprint density at radius 1 is 1.24 bits per heavy atom. The van der Waals surface area contributed by atoms with Crippen LogP contribution < -0.4 is 5.01 Å². The number of amides is 1. The molecule has 5 nitrogen and oxygen atoms in total. The van der Waals surface area contributed by atoms with Crippen LogP contribution in [-0.4, -0.2) is 48.0 Å². The third-order valence-electron chi connectivity index (χ3n) is 4.02. The van der Waals surface area contributed by atoms with Gasteiger partial charge < -0.3 is 9.64 Å². The van der Waals surface area contributed by atoms with Gasteiger partial charge >= 0.3 is 6.09 Å². The van der Waals surface area contributed by atoms with Crippen molar-refractivity contribution in [2.24, 2.45) is 0 Å². The molecule has 0 aliphatic carbocycles. The van der Waals surface area contributed by atoms with Gasteiger partial charge in [-0.2, -0.15) is 0 Å². The molecule has 1 aliphatic rings. The highest BCUT2D eigenvalue weighted by molar-refractivity contribution is 5.79. The molecule has 1 aromatic heterocycles. The molecule has 2 heterocycles. The first-order valence-corrected chi connectivity index (χ1v) is 8.07. The van der Waals surface area contributed by atoms with E-state index >= 15 is 0 Å². The zero-order chi connectivity index (χ0) is 15.1. The number of unbranched alkanes of at least 4 members (excludes halogenated alkanes) is 1. The van der Waals surface area contributed by atoms with Crippen LogP contribution in [0.5, 0.6) is 0 Å². The first-order valence-electron chi connectivity index (χ1n) is 8.07. The highest BCUT2D eigenvalue weighted by atomic mass is 16.6. The van der Waals surface area contributed by atoms with Crippen LogP contribution in [0.25, 0.3) is 0 Å². The van der Waals surface area contributed by atoms with E-state index < -0.39 is 0 Å². The summed E-state index contributed by atoms with van der Waals surface area (Å²) in [6, 6.07) is 4.08. The van der Waals surface area contributed by atoms with Crippen LogP contribution in [-0.2, 0) is 4.74 Å². The molecule has 21 heavy (non-hydrogen) atoms. The fraction of sp³-hybridized carbons (Fsp3) is 0.688. The van der Waals surface area contributed by atoms with Crippen LogP contribution in [0.15, 0.2) is 24.5 Å². The number of nitrogens with zero attached hydrogens (tertiary/aromatic N) is 3. The lowest BCUT2D eigenvalue weighted by molar-refractivity contribution is 0.138. The molecule has 0 atom stereocenters. The van der Waals surface area contributed by atoms with Gasteiger partial charge in [-0.15, -0.1) is 0 Å². The second kappa shape index (κ2) is 8.08.